The molecule has 9 heteroatoms. The van der Waals surface area contributed by atoms with Gasteiger partial charge in [-0.05, 0) is 43.2 Å². The Morgan fingerprint density at radius 1 is 1.26 bits per heavy atom. The van der Waals surface area contributed by atoms with Crippen LogP contribution in [0.15, 0.2) is 40.9 Å². The molecule has 31 heavy (non-hydrogen) atoms. The van der Waals surface area contributed by atoms with Crippen LogP contribution in [-0.4, -0.2) is 58.8 Å². The number of nitrogens with two attached hydrogens (primary N) is 1. The van der Waals surface area contributed by atoms with Crippen molar-refractivity contribution in [3.63, 3.8) is 0 Å². The summed E-state index contributed by atoms with van der Waals surface area (Å²) in [6.45, 7) is 2.90. The van der Waals surface area contributed by atoms with E-state index in [1.807, 2.05) is 31.2 Å². The number of aliphatic hydroxyl groups is 2. The summed E-state index contributed by atoms with van der Waals surface area (Å²) in [7, 11) is 0. The lowest BCUT2D eigenvalue weighted by atomic mass is 10.0. The average Bonchev–Trinajstić information content (AvgIpc) is 3.43. The summed E-state index contributed by atoms with van der Waals surface area (Å²) >= 11 is 6.29. The Bertz CT molecular complexity index is 1070. The highest BCUT2D eigenvalue weighted by molar-refractivity contribution is 6.32. The molecule has 0 saturated heterocycles. The quantitative estimate of drug-likeness (QED) is 0.485. The normalized spacial score (nSPS) is 13.5. The van der Waals surface area contributed by atoms with Gasteiger partial charge in [-0.15, -0.1) is 0 Å². The van der Waals surface area contributed by atoms with Crippen LogP contribution in [0.4, 0.5) is 5.69 Å². The van der Waals surface area contributed by atoms with Crippen molar-refractivity contribution < 1.29 is 19.5 Å². The second-order valence-electron chi connectivity index (χ2n) is 7.65. The third-order valence-corrected chi connectivity index (χ3v) is 5.70. The van der Waals surface area contributed by atoms with Gasteiger partial charge in [0.15, 0.2) is 0 Å². The lowest BCUT2D eigenvalue weighted by molar-refractivity contribution is 0.125. The highest BCUT2D eigenvalue weighted by Crippen LogP contribution is 2.37. The molecule has 2 aromatic carbocycles. The van der Waals surface area contributed by atoms with E-state index < -0.39 is 5.54 Å². The van der Waals surface area contributed by atoms with Gasteiger partial charge in [0.1, 0.15) is 5.75 Å². The predicted octanol–water partition coefficient (Wildman–Crippen LogP) is 2.50. The van der Waals surface area contributed by atoms with E-state index in [2.05, 4.69) is 15.0 Å². The third kappa shape index (κ3) is 4.24. The van der Waals surface area contributed by atoms with E-state index in [0.29, 0.717) is 41.2 Å². The molecule has 0 amide bonds. The number of ether oxygens (including phenoxy) is 1. The molecule has 4 N–H and O–H groups in total. The van der Waals surface area contributed by atoms with Crippen molar-refractivity contribution in [1.29, 1.82) is 0 Å². The molecule has 0 bridgehead atoms. The highest BCUT2D eigenvalue weighted by atomic mass is 35.5. The Kier molecular flexibility index (Phi) is 6.15. The maximum Gasteiger partial charge on any atom is 0.258 e. The van der Waals surface area contributed by atoms with E-state index in [1.54, 1.807) is 12.1 Å². The number of benzene rings is 2. The van der Waals surface area contributed by atoms with Crippen LogP contribution in [0.25, 0.3) is 22.8 Å². The molecule has 2 heterocycles. The molecular formula is C22H25ClN4O4. The molecule has 1 aliphatic rings. The Labute approximate surface area is 185 Å². The minimum atomic E-state index is -1.07. The Morgan fingerprint density at radius 3 is 2.77 bits per heavy atom. The fraction of sp³-hybridized carbons (Fsp3) is 0.364. The number of hydrogen-bond donors (Lipinski definition) is 3. The summed E-state index contributed by atoms with van der Waals surface area (Å²) in [6, 6.07) is 11.2. The third-order valence-electron chi connectivity index (χ3n) is 5.40. The SMILES string of the molecule is CCOc1ccc(-c2nc(-c3cccc4c3CCN4CC(N)(CO)CO)no2)cc1Cl. The maximum absolute atomic E-state index is 9.54. The summed E-state index contributed by atoms with van der Waals surface area (Å²) in [5.74, 6) is 1.46. The molecule has 0 unspecified atom stereocenters. The minimum Gasteiger partial charge on any atom is -0.492 e. The molecule has 0 atom stereocenters. The van der Waals surface area contributed by atoms with Gasteiger partial charge in [-0.25, -0.2) is 0 Å². The van der Waals surface area contributed by atoms with Gasteiger partial charge in [-0.3, -0.25) is 0 Å². The zero-order valence-electron chi connectivity index (χ0n) is 17.2. The molecule has 1 aliphatic heterocycles. The monoisotopic (exact) mass is 444 g/mol. The molecule has 0 saturated carbocycles. The van der Waals surface area contributed by atoms with Crippen molar-refractivity contribution in [2.45, 2.75) is 18.9 Å². The number of rotatable bonds is 8. The number of anilines is 1. The van der Waals surface area contributed by atoms with Crippen molar-refractivity contribution in [2.24, 2.45) is 5.73 Å². The molecule has 0 spiro atoms. The summed E-state index contributed by atoms with van der Waals surface area (Å²) in [4.78, 5) is 6.64. The molecule has 0 aliphatic carbocycles. The van der Waals surface area contributed by atoms with Gasteiger partial charge in [-0.1, -0.05) is 28.9 Å². The zero-order valence-corrected chi connectivity index (χ0v) is 18.0. The average molecular weight is 445 g/mol. The first-order valence-corrected chi connectivity index (χ1v) is 10.5. The van der Waals surface area contributed by atoms with Gasteiger partial charge in [-0.2, -0.15) is 4.98 Å². The molecule has 1 aromatic heterocycles. The molecule has 0 radical (unpaired) electrons. The lowest BCUT2D eigenvalue weighted by Gasteiger charge is -2.31. The number of hydrogen-bond acceptors (Lipinski definition) is 8. The summed E-state index contributed by atoms with van der Waals surface area (Å²) in [6.07, 6.45) is 0.775. The first-order valence-electron chi connectivity index (χ1n) is 10.1. The van der Waals surface area contributed by atoms with Crippen LogP contribution in [0.1, 0.15) is 12.5 Å². The van der Waals surface area contributed by atoms with Gasteiger partial charge in [0.05, 0.1) is 30.4 Å². The Morgan fingerprint density at radius 2 is 2.06 bits per heavy atom. The molecule has 0 fully saturated rings. The number of nitrogens with zero attached hydrogens (tertiary/aromatic N) is 3. The van der Waals surface area contributed by atoms with Crippen LogP contribution in [-0.2, 0) is 6.42 Å². The fourth-order valence-corrected chi connectivity index (χ4v) is 4.00. The van der Waals surface area contributed by atoms with E-state index in [0.717, 1.165) is 29.8 Å². The Balaban J connectivity index is 1.62. The zero-order chi connectivity index (χ0) is 22.0. The van der Waals surface area contributed by atoms with Gasteiger partial charge in [0.25, 0.3) is 5.89 Å². The first-order chi connectivity index (χ1) is 15.0. The smallest absolute Gasteiger partial charge is 0.258 e. The predicted molar refractivity (Wildman–Crippen MR) is 118 cm³/mol. The van der Waals surface area contributed by atoms with Crippen LogP contribution in [0.5, 0.6) is 5.75 Å². The van der Waals surface area contributed by atoms with Crippen LogP contribution in [0.2, 0.25) is 5.02 Å². The second-order valence-corrected chi connectivity index (χ2v) is 8.06. The highest BCUT2D eigenvalue weighted by Gasteiger charge is 2.31. The van der Waals surface area contributed by atoms with Crippen LogP contribution < -0.4 is 15.4 Å². The van der Waals surface area contributed by atoms with E-state index in [1.165, 1.54) is 0 Å². The largest absolute Gasteiger partial charge is 0.492 e. The van der Waals surface area contributed by atoms with Crippen molar-refractivity contribution >= 4 is 17.3 Å². The fourth-order valence-electron chi connectivity index (χ4n) is 3.76. The van der Waals surface area contributed by atoms with Crippen LogP contribution in [0, 0.1) is 0 Å². The van der Waals surface area contributed by atoms with Gasteiger partial charge in [0, 0.05) is 29.9 Å². The van der Waals surface area contributed by atoms with Crippen molar-refractivity contribution in [2.75, 3.05) is 37.8 Å². The summed E-state index contributed by atoms with van der Waals surface area (Å²) in [5, 5.41) is 23.7. The first kappa shape index (κ1) is 21.6. The van der Waals surface area contributed by atoms with Crippen LogP contribution in [0.3, 0.4) is 0 Å². The molecular weight excluding hydrogens is 420 g/mol. The molecule has 3 aromatic rings. The Hall–Kier alpha value is -2.65. The lowest BCUT2D eigenvalue weighted by Crippen LogP contribution is -2.55. The van der Waals surface area contributed by atoms with Crippen molar-refractivity contribution in [3.8, 4) is 28.6 Å². The van der Waals surface area contributed by atoms with Crippen LogP contribution >= 0.6 is 11.6 Å². The van der Waals surface area contributed by atoms with Gasteiger partial charge < -0.3 is 30.1 Å². The van der Waals surface area contributed by atoms with Gasteiger partial charge in [0.2, 0.25) is 5.82 Å². The van der Waals surface area contributed by atoms with E-state index in [9.17, 15) is 10.2 Å². The second kappa shape index (κ2) is 8.84. The van der Waals surface area contributed by atoms with Crippen molar-refractivity contribution in [3.05, 3.63) is 47.0 Å². The number of halogens is 1. The number of aromatic nitrogens is 2. The van der Waals surface area contributed by atoms with E-state index in [-0.39, 0.29) is 13.2 Å². The minimum absolute atomic E-state index is 0.298. The van der Waals surface area contributed by atoms with E-state index >= 15 is 0 Å². The molecule has 4 rings (SSSR count). The summed E-state index contributed by atoms with van der Waals surface area (Å²) < 4.78 is 11.0. The maximum atomic E-state index is 9.54. The molecule has 164 valence electrons. The number of aliphatic hydroxyl groups excluding tert-OH is 2. The standard InChI is InChI=1S/C22H25ClN4O4/c1-2-30-19-7-6-14(10-17(19)23)21-25-20(26-31-21)16-4-3-5-18-15(16)8-9-27(18)11-22(24,12-28)13-29/h3-7,10,28-29H,2,8-9,11-13,24H2,1H3. The molecule has 8 nitrogen and oxygen atoms in total. The van der Waals surface area contributed by atoms with Crippen molar-refractivity contribution in [1.82, 2.24) is 10.1 Å². The van der Waals surface area contributed by atoms with Gasteiger partial charge >= 0.3 is 0 Å². The number of fused-ring (bicyclic) bond motifs is 1. The topological polar surface area (TPSA) is 118 Å². The summed E-state index contributed by atoms with van der Waals surface area (Å²) in [5.41, 5.74) is 8.68. The van der Waals surface area contributed by atoms with E-state index in [4.69, 9.17) is 26.6 Å².